The second-order valence-electron chi connectivity index (χ2n) is 4.21. The van der Waals surface area contributed by atoms with Crippen LogP contribution in [0.15, 0.2) is 42.5 Å². The summed E-state index contributed by atoms with van der Waals surface area (Å²) in [6, 6.07) is 13.4. The second-order valence-corrected chi connectivity index (χ2v) is 5.02. The van der Waals surface area contributed by atoms with Crippen LogP contribution >= 0.6 is 23.2 Å². The smallest absolute Gasteiger partial charge is 0.0581 e. The minimum Gasteiger partial charge on any atom is -0.320 e. The molecule has 2 aromatic carbocycles. The molecule has 2 rings (SSSR count). The lowest BCUT2D eigenvalue weighted by atomic mass is 9.98. The Morgan fingerprint density at radius 3 is 2.06 bits per heavy atom. The van der Waals surface area contributed by atoms with Crippen LogP contribution < -0.4 is 5.73 Å². The Morgan fingerprint density at radius 2 is 1.56 bits per heavy atom. The van der Waals surface area contributed by atoms with Crippen LogP contribution in [0.4, 0.5) is 0 Å². The molecule has 0 heterocycles. The van der Waals surface area contributed by atoms with E-state index in [1.54, 1.807) is 0 Å². The molecule has 2 aromatic rings. The molecule has 0 bridgehead atoms. The molecule has 0 saturated heterocycles. The van der Waals surface area contributed by atoms with Crippen LogP contribution in [-0.4, -0.2) is 0 Å². The van der Waals surface area contributed by atoms with Gasteiger partial charge in [0.25, 0.3) is 0 Å². The van der Waals surface area contributed by atoms with Gasteiger partial charge in [-0.25, -0.2) is 0 Å². The average Bonchev–Trinajstić information content (AvgIpc) is 2.38. The highest BCUT2D eigenvalue weighted by molar-refractivity contribution is 6.36. The molecular formula is C15H15Cl2N. The SMILES string of the molecule is CCc1ccc(C(N)c2c(Cl)cccc2Cl)cc1. The van der Waals surface area contributed by atoms with Gasteiger partial charge in [-0.2, -0.15) is 0 Å². The Labute approximate surface area is 118 Å². The molecule has 3 heteroatoms. The molecule has 0 radical (unpaired) electrons. The maximum atomic E-state index is 6.24. The number of benzene rings is 2. The van der Waals surface area contributed by atoms with Crippen molar-refractivity contribution in [2.45, 2.75) is 19.4 Å². The lowest BCUT2D eigenvalue weighted by molar-refractivity contribution is 0.870. The highest BCUT2D eigenvalue weighted by Crippen LogP contribution is 2.32. The van der Waals surface area contributed by atoms with Gasteiger partial charge in [0.15, 0.2) is 0 Å². The van der Waals surface area contributed by atoms with Gasteiger partial charge in [0.1, 0.15) is 0 Å². The van der Waals surface area contributed by atoms with Gasteiger partial charge in [-0.05, 0) is 29.7 Å². The number of rotatable bonds is 3. The number of nitrogens with two attached hydrogens (primary N) is 1. The lowest BCUT2D eigenvalue weighted by Crippen LogP contribution is -2.13. The fraction of sp³-hybridized carbons (Fsp3) is 0.200. The molecule has 1 unspecified atom stereocenters. The first-order valence-electron chi connectivity index (χ1n) is 5.91. The summed E-state index contributed by atoms with van der Waals surface area (Å²) in [6.45, 7) is 2.12. The molecule has 0 fully saturated rings. The number of hydrogen-bond acceptors (Lipinski definition) is 1. The maximum absolute atomic E-state index is 6.24. The minimum absolute atomic E-state index is 0.294. The third-order valence-corrected chi connectivity index (χ3v) is 3.72. The summed E-state index contributed by atoms with van der Waals surface area (Å²) in [5, 5.41) is 1.21. The molecule has 1 nitrogen and oxygen atoms in total. The van der Waals surface area contributed by atoms with Crippen molar-refractivity contribution in [2.75, 3.05) is 0 Å². The van der Waals surface area contributed by atoms with Gasteiger partial charge in [-0.15, -0.1) is 0 Å². The zero-order valence-corrected chi connectivity index (χ0v) is 11.7. The predicted octanol–water partition coefficient (Wildman–Crippen LogP) is 4.60. The Bertz CT molecular complexity index is 514. The highest BCUT2D eigenvalue weighted by Gasteiger charge is 2.15. The maximum Gasteiger partial charge on any atom is 0.0581 e. The largest absolute Gasteiger partial charge is 0.320 e. The van der Waals surface area contributed by atoms with Crippen molar-refractivity contribution in [2.24, 2.45) is 5.73 Å². The summed E-state index contributed by atoms with van der Waals surface area (Å²) in [4.78, 5) is 0. The topological polar surface area (TPSA) is 26.0 Å². The van der Waals surface area contributed by atoms with Crippen molar-refractivity contribution in [3.05, 3.63) is 69.2 Å². The molecule has 0 spiro atoms. The van der Waals surface area contributed by atoms with Crippen molar-refractivity contribution in [1.29, 1.82) is 0 Å². The van der Waals surface area contributed by atoms with E-state index >= 15 is 0 Å². The third-order valence-electron chi connectivity index (χ3n) is 3.06. The van der Waals surface area contributed by atoms with Crippen LogP contribution in [0.5, 0.6) is 0 Å². The zero-order chi connectivity index (χ0) is 13.1. The quantitative estimate of drug-likeness (QED) is 0.873. The zero-order valence-electron chi connectivity index (χ0n) is 10.2. The Balaban J connectivity index is 2.38. The van der Waals surface area contributed by atoms with Crippen LogP contribution in [0.25, 0.3) is 0 Å². The first-order chi connectivity index (χ1) is 8.63. The van der Waals surface area contributed by atoms with Crippen molar-refractivity contribution in [3.8, 4) is 0 Å². The fourth-order valence-corrected chi connectivity index (χ4v) is 2.57. The number of aryl methyl sites for hydroxylation is 1. The molecule has 2 N–H and O–H groups in total. The van der Waals surface area contributed by atoms with E-state index in [2.05, 4.69) is 19.1 Å². The fourth-order valence-electron chi connectivity index (χ4n) is 1.94. The van der Waals surface area contributed by atoms with E-state index in [1.165, 1.54) is 5.56 Å². The van der Waals surface area contributed by atoms with E-state index in [1.807, 2.05) is 30.3 Å². The van der Waals surface area contributed by atoms with Crippen molar-refractivity contribution < 1.29 is 0 Å². The summed E-state index contributed by atoms with van der Waals surface area (Å²) in [5.41, 5.74) is 9.33. The Morgan fingerprint density at radius 1 is 1.00 bits per heavy atom. The van der Waals surface area contributed by atoms with Crippen LogP contribution in [-0.2, 0) is 6.42 Å². The second kappa shape index (κ2) is 5.75. The Hall–Kier alpha value is -1.02. The molecule has 1 atom stereocenters. The van der Waals surface area contributed by atoms with E-state index in [-0.39, 0.29) is 6.04 Å². The number of halogens is 2. The van der Waals surface area contributed by atoms with Gasteiger partial charge < -0.3 is 5.73 Å². The lowest BCUT2D eigenvalue weighted by Gasteiger charge is -2.16. The van der Waals surface area contributed by atoms with Crippen molar-refractivity contribution in [3.63, 3.8) is 0 Å². The van der Waals surface area contributed by atoms with E-state index in [9.17, 15) is 0 Å². The first-order valence-corrected chi connectivity index (χ1v) is 6.67. The summed E-state index contributed by atoms with van der Waals surface area (Å²) in [5.74, 6) is 0. The molecule has 0 aliphatic carbocycles. The molecular weight excluding hydrogens is 265 g/mol. The van der Waals surface area contributed by atoms with Crippen LogP contribution in [0.3, 0.4) is 0 Å². The number of hydrogen-bond donors (Lipinski definition) is 1. The molecule has 18 heavy (non-hydrogen) atoms. The van der Waals surface area contributed by atoms with Gasteiger partial charge in [-0.1, -0.05) is 60.5 Å². The average molecular weight is 280 g/mol. The van der Waals surface area contributed by atoms with Crippen molar-refractivity contribution in [1.82, 2.24) is 0 Å². The van der Waals surface area contributed by atoms with E-state index in [0.717, 1.165) is 17.5 Å². The molecule has 0 aliphatic rings. The third kappa shape index (κ3) is 2.69. The van der Waals surface area contributed by atoms with E-state index in [0.29, 0.717) is 10.0 Å². The molecule has 0 aliphatic heterocycles. The summed E-state index contributed by atoms with van der Waals surface area (Å²) < 4.78 is 0. The normalized spacial score (nSPS) is 12.4. The summed E-state index contributed by atoms with van der Waals surface area (Å²) in [7, 11) is 0. The van der Waals surface area contributed by atoms with E-state index in [4.69, 9.17) is 28.9 Å². The molecule has 0 aromatic heterocycles. The first kappa shape index (κ1) is 13.4. The standard InChI is InChI=1S/C15H15Cl2N/c1-2-10-6-8-11(9-7-10)15(18)14-12(16)4-3-5-13(14)17/h3-9,15H,2,18H2,1H3. The van der Waals surface area contributed by atoms with Gasteiger partial charge in [0, 0.05) is 15.6 Å². The monoisotopic (exact) mass is 279 g/mol. The van der Waals surface area contributed by atoms with Crippen LogP contribution in [0.2, 0.25) is 10.0 Å². The van der Waals surface area contributed by atoms with Crippen molar-refractivity contribution >= 4 is 23.2 Å². The van der Waals surface area contributed by atoms with Gasteiger partial charge in [0.2, 0.25) is 0 Å². The van der Waals surface area contributed by atoms with Gasteiger partial charge in [0.05, 0.1) is 6.04 Å². The van der Waals surface area contributed by atoms with Crippen LogP contribution in [0.1, 0.15) is 29.7 Å². The van der Waals surface area contributed by atoms with E-state index < -0.39 is 0 Å². The Kier molecular flexibility index (Phi) is 4.28. The van der Waals surface area contributed by atoms with Gasteiger partial charge in [-0.3, -0.25) is 0 Å². The molecule has 0 amide bonds. The molecule has 0 saturated carbocycles. The molecule has 94 valence electrons. The minimum atomic E-state index is -0.294. The van der Waals surface area contributed by atoms with Gasteiger partial charge >= 0.3 is 0 Å². The summed E-state index contributed by atoms with van der Waals surface area (Å²) in [6.07, 6.45) is 1.02. The van der Waals surface area contributed by atoms with Crippen LogP contribution in [0, 0.1) is 0 Å². The predicted molar refractivity (Wildman–Crippen MR) is 78.3 cm³/mol. The highest BCUT2D eigenvalue weighted by atomic mass is 35.5. The summed E-state index contributed by atoms with van der Waals surface area (Å²) >= 11 is 12.3.